The van der Waals surface area contributed by atoms with Gasteiger partial charge in [-0.05, 0) is 44.9 Å². The number of ether oxygens (including phenoxy) is 1. The Morgan fingerprint density at radius 1 is 1.43 bits per heavy atom. The number of benzene rings is 1. The number of nitrogens with zero attached hydrogens (tertiary/aromatic N) is 1. The van der Waals surface area contributed by atoms with Gasteiger partial charge in [0.2, 0.25) is 0 Å². The first-order valence-corrected chi connectivity index (χ1v) is 7.81. The molecule has 0 saturated carbocycles. The zero-order valence-electron chi connectivity index (χ0n) is 13.0. The molecule has 1 saturated heterocycles. The highest BCUT2D eigenvalue weighted by molar-refractivity contribution is 5.66. The Labute approximate surface area is 127 Å². The van der Waals surface area contributed by atoms with Crippen LogP contribution < -0.4 is 15.4 Å². The van der Waals surface area contributed by atoms with Crippen LogP contribution in [-0.2, 0) is 0 Å². The van der Waals surface area contributed by atoms with Gasteiger partial charge in [0.05, 0.1) is 18.4 Å². The van der Waals surface area contributed by atoms with E-state index in [2.05, 4.69) is 23.6 Å². The van der Waals surface area contributed by atoms with Crippen molar-refractivity contribution >= 4 is 5.69 Å². The van der Waals surface area contributed by atoms with Gasteiger partial charge in [-0.3, -0.25) is 0 Å². The maximum absolute atomic E-state index is 9.25. The summed E-state index contributed by atoms with van der Waals surface area (Å²) in [5, 5.41) is 16.3. The highest BCUT2D eigenvalue weighted by Crippen LogP contribution is 2.29. The lowest BCUT2D eigenvalue weighted by atomic mass is 10.0. The molecule has 2 unspecified atom stereocenters. The van der Waals surface area contributed by atoms with Crippen molar-refractivity contribution in [2.24, 2.45) is 0 Å². The van der Waals surface area contributed by atoms with Crippen LogP contribution in [0.4, 0.5) is 5.69 Å². The lowest BCUT2D eigenvalue weighted by Gasteiger charge is -2.23. The number of nitriles is 1. The number of para-hydroxylation sites is 1. The van der Waals surface area contributed by atoms with Crippen LogP contribution in [0.25, 0.3) is 0 Å². The summed E-state index contributed by atoms with van der Waals surface area (Å²) in [7, 11) is 1.64. The molecular weight excluding hydrogens is 262 g/mol. The SMILES string of the molecule is COc1cccc(C#N)c1NC(C)CC1CCCCCN1. The molecule has 4 nitrogen and oxygen atoms in total. The molecule has 0 spiro atoms. The van der Waals surface area contributed by atoms with E-state index in [1.54, 1.807) is 7.11 Å². The van der Waals surface area contributed by atoms with Gasteiger partial charge in [-0.2, -0.15) is 5.26 Å². The lowest BCUT2D eigenvalue weighted by Crippen LogP contribution is -2.33. The van der Waals surface area contributed by atoms with Gasteiger partial charge in [0, 0.05) is 12.1 Å². The standard InChI is InChI=1S/C17H25N3O/c1-13(11-15-8-4-3-5-10-19-15)20-17-14(12-18)7-6-9-16(17)21-2/h6-7,9,13,15,19-20H,3-5,8,10-11H2,1-2H3. The highest BCUT2D eigenvalue weighted by atomic mass is 16.5. The monoisotopic (exact) mass is 287 g/mol. The topological polar surface area (TPSA) is 57.1 Å². The van der Waals surface area contributed by atoms with E-state index in [0.717, 1.165) is 24.4 Å². The average Bonchev–Trinajstić information content (AvgIpc) is 2.76. The van der Waals surface area contributed by atoms with E-state index < -0.39 is 0 Å². The van der Waals surface area contributed by atoms with Gasteiger partial charge in [0.25, 0.3) is 0 Å². The molecule has 2 N–H and O–H groups in total. The normalized spacial score (nSPS) is 20.1. The van der Waals surface area contributed by atoms with Crippen LogP contribution in [0.15, 0.2) is 18.2 Å². The number of hydrogen-bond acceptors (Lipinski definition) is 4. The molecule has 2 atom stereocenters. The van der Waals surface area contributed by atoms with Gasteiger partial charge in [0.1, 0.15) is 11.8 Å². The number of nitrogens with one attached hydrogen (secondary N) is 2. The first-order valence-electron chi connectivity index (χ1n) is 7.81. The van der Waals surface area contributed by atoms with Gasteiger partial charge >= 0.3 is 0 Å². The number of hydrogen-bond donors (Lipinski definition) is 2. The van der Waals surface area contributed by atoms with Crippen molar-refractivity contribution in [3.63, 3.8) is 0 Å². The maximum atomic E-state index is 9.25. The smallest absolute Gasteiger partial charge is 0.143 e. The third-order valence-corrected chi connectivity index (χ3v) is 4.06. The Hall–Kier alpha value is -1.73. The molecule has 0 aromatic heterocycles. The predicted molar refractivity (Wildman–Crippen MR) is 85.7 cm³/mol. The molecule has 114 valence electrons. The molecule has 1 aliphatic heterocycles. The zero-order valence-corrected chi connectivity index (χ0v) is 13.0. The van der Waals surface area contributed by atoms with Crippen LogP contribution in [0.5, 0.6) is 5.75 Å². The van der Waals surface area contributed by atoms with Crippen molar-refractivity contribution < 1.29 is 4.74 Å². The van der Waals surface area contributed by atoms with Gasteiger partial charge in [-0.1, -0.05) is 18.9 Å². The van der Waals surface area contributed by atoms with Crippen LogP contribution in [0.3, 0.4) is 0 Å². The second kappa shape index (κ2) is 7.90. The summed E-state index contributed by atoms with van der Waals surface area (Å²) in [4.78, 5) is 0. The van der Waals surface area contributed by atoms with E-state index in [9.17, 15) is 5.26 Å². The van der Waals surface area contributed by atoms with E-state index >= 15 is 0 Å². The Bertz CT molecular complexity index is 487. The second-order valence-corrected chi connectivity index (χ2v) is 5.78. The first-order chi connectivity index (χ1) is 10.2. The fraction of sp³-hybridized carbons (Fsp3) is 0.588. The van der Waals surface area contributed by atoms with Gasteiger partial charge in [0.15, 0.2) is 0 Å². The van der Waals surface area contributed by atoms with Crippen LogP contribution in [0, 0.1) is 11.3 Å². The summed E-state index contributed by atoms with van der Waals surface area (Å²) in [5.41, 5.74) is 1.44. The summed E-state index contributed by atoms with van der Waals surface area (Å²) in [5.74, 6) is 0.731. The van der Waals surface area contributed by atoms with E-state index in [-0.39, 0.29) is 0 Å². The second-order valence-electron chi connectivity index (χ2n) is 5.78. The van der Waals surface area contributed by atoms with E-state index in [1.807, 2.05) is 18.2 Å². The largest absolute Gasteiger partial charge is 0.495 e. The molecule has 1 aromatic carbocycles. The molecule has 4 heteroatoms. The summed E-state index contributed by atoms with van der Waals surface area (Å²) >= 11 is 0. The fourth-order valence-corrected chi connectivity index (χ4v) is 2.98. The predicted octanol–water partition coefficient (Wildman–Crippen LogP) is 3.29. The average molecular weight is 287 g/mol. The molecule has 0 bridgehead atoms. The minimum absolute atomic E-state index is 0.295. The molecule has 21 heavy (non-hydrogen) atoms. The Morgan fingerprint density at radius 2 is 2.29 bits per heavy atom. The Morgan fingerprint density at radius 3 is 3.05 bits per heavy atom. The first kappa shape index (κ1) is 15.7. The lowest BCUT2D eigenvalue weighted by molar-refractivity contribution is 0.414. The van der Waals surface area contributed by atoms with Crippen molar-refractivity contribution in [1.29, 1.82) is 5.26 Å². The highest BCUT2D eigenvalue weighted by Gasteiger charge is 2.17. The molecule has 1 aliphatic rings. The number of methoxy groups -OCH3 is 1. The summed E-state index contributed by atoms with van der Waals surface area (Å²) in [6.07, 6.45) is 6.22. The van der Waals surface area contributed by atoms with Crippen molar-refractivity contribution in [2.45, 2.75) is 51.1 Å². The molecule has 0 aliphatic carbocycles. The van der Waals surface area contributed by atoms with Crippen molar-refractivity contribution in [1.82, 2.24) is 5.32 Å². The number of anilines is 1. The van der Waals surface area contributed by atoms with Gasteiger partial charge in [-0.25, -0.2) is 0 Å². The maximum Gasteiger partial charge on any atom is 0.143 e. The Balaban J connectivity index is 2.01. The zero-order chi connectivity index (χ0) is 15.1. The third-order valence-electron chi connectivity index (χ3n) is 4.06. The minimum Gasteiger partial charge on any atom is -0.495 e. The molecular formula is C17H25N3O. The van der Waals surface area contributed by atoms with E-state index in [0.29, 0.717) is 17.6 Å². The molecule has 1 aromatic rings. The quantitative estimate of drug-likeness (QED) is 0.872. The molecule has 1 heterocycles. The molecule has 0 radical (unpaired) electrons. The van der Waals surface area contributed by atoms with E-state index in [1.165, 1.54) is 25.7 Å². The van der Waals surface area contributed by atoms with E-state index in [4.69, 9.17) is 4.74 Å². The van der Waals surface area contributed by atoms with Crippen LogP contribution in [0.1, 0.15) is 44.6 Å². The Kier molecular flexibility index (Phi) is 5.89. The van der Waals surface area contributed by atoms with Gasteiger partial charge < -0.3 is 15.4 Å². The summed E-state index contributed by atoms with van der Waals surface area (Å²) in [6, 6.07) is 8.65. The van der Waals surface area contributed by atoms with Crippen molar-refractivity contribution in [3.8, 4) is 11.8 Å². The third kappa shape index (κ3) is 4.37. The van der Waals surface area contributed by atoms with Crippen LogP contribution in [-0.4, -0.2) is 25.7 Å². The molecule has 0 amide bonds. The fourth-order valence-electron chi connectivity index (χ4n) is 2.98. The minimum atomic E-state index is 0.295. The van der Waals surface area contributed by atoms with Crippen LogP contribution >= 0.6 is 0 Å². The summed E-state index contributed by atoms with van der Waals surface area (Å²) < 4.78 is 5.37. The van der Waals surface area contributed by atoms with Crippen molar-refractivity contribution in [2.75, 3.05) is 19.0 Å². The number of rotatable bonds is 5. The molecule has 1 fully saturated rings. The van der Waals surface area contributed by atoms with Crippen LogP contribution in [0.2, 0.25) is 0 Å². The molecule has 2 rings (SSSR count). The van der Waals surface area contributed by atoms with Crippen molar-refractivity contribution in [3.05, 3.63) is 23.8 Å². The summed E-state index contributed by atoms with van der Waals surface area (Å²) in [6.45, 7) is 3.29. The van der Waals surface area contributed by atoms with Gasteiger partial charge in [-0.15, -0.1) is 0 Å².